The molecule has 1 aromatic carbocycles. The van der Waals surface area contributed by atoms with Gasteiger partial charge in [-0.25, -0.2) is 0 Å². The van der Waals surface area contributed by atoms with Crippen LogP contribution in [0.1, 0.15) is 31.4 Å². The summed E-state index contributed by atoms with van der Waals surface area (Å²) in [5.41, 5.74) is 2.54. The van der Waals surface area contributed by atoms with E-state index in [1.165, 1.54) is 11.1 Å². The van der Waals surface area contributed by atoms with Gasteiger partial charge in [-0.3, -0.25) is 4.79 Å². The summed E-state index contributed by atoms with van der Waals surface area (Å²) in [4.78, 5) is 14.1. The smallest absolute Gasteiger partial charge is 0.223 e. The topological polar surface area (TPSA) is 49.8 Å². The Morgan fingerprint density at radius 3 is 2.64 bits per heavy atom. The summed E-state index contributed by atoms with van der Waals surface area (Å²) in [7, 11) is 0. The highest BCUT2D eigenvalue weighted by atomic mass is 16.5. The van der Waals surface area contributed by atoms with Gasteiger partial charge in [0.05, 0.1) is 25.9 Å². The number of aliphatic hydroxyl groups excluding tert-OH is 1. The minimum absolute atomic E-state index is 0.0321. The molecule has 1 fully saturated rings. The molecule has 0 radical (unpaired) electrons. The van der Waals surface area contributed by atoms with Crippen molar-refractivity contribution in [3.8, 4) is 0 Å². The van der Waals surface area contributed by atoms with Crippen molar-refractivity contribution in [3.63, 3.8) is 0 Å². The van der Waals surface area contributed by atoms with Crippen LogP contribution in [0.15, 0.2) is 24.3 Å². The third-order valence-electron chi connectivity index (χ3n) is 4.05. The molecule has 0 bridgehead atoms. The number of ether oxygens (including phenoxy) is 1. The van der Waals surface area contributed by atoms with Crippen LogP contribution in [-0.2, 0) is 22.4 Å². The lowest BCUT2D eigenvalue weighted by molar-refractivity contribution is -0.141. The average molecular weight is 305 g/mol. The summed E-state index contributed by atoms with van der Waals surface area (Å²) < 4.78 is 5.31. The van der Waals surface area contributed by atoms with Crippen molar-refractivity contribution in [1.82, 2.24) is 4.90 Å². The number of aryl methyl sites for hydroxylation is 1. The third-order valence-corrected chi connectivity index (χ3v) is 4.05. The van der Waals surface area contributed by atoms with E-state index in [2.05, 4.69) is 38.1 Å². The Bertz CT molecular complexity index is 470. The van der Waals surface area contributed by atoms with E-state index in [9.17, 15) is 9.90 Å². The molecule has 0 aromatic heterocycles. The van der Waals surface area contributed by atoms with Gasteiger partial charge >= 0.3 is 0 Å². The van der Waals surface area contributed by atoms with Crippen LogP contribution in [0.25, 0.3) is 0 Å². The molecular formula is C18H27NO3. The van der Waals surface area contributed by atoms with Gasteiger partial charge in [0.1, 0.15) is 0 Å². The van der Waals surface area contributed by atoms with Gasteiger partial charge in [0.2, 0.25) is 5.91 Å². The number of aliphatic hydroxyl groups is 1. The molecule has 1 N–H and O–H groups in total. The van der Waals surface area contributed by atoms with Crippen molar-refractivity contribution in [3.05, 3.63) is 35.4 Å². The zero-order chi connectivity index (χ0) is 15.9. The molecule has 2 rings (SSSR count). The normalized spacial score (nSPS) is 18.7. The van der Waals surface area contributed by atoms with Gasteiger partial charge in [0.25, 0.3) is 0 Å². The highest BCUT2D eigenvalue weighted by Crippen LogP contribution is 2.13. The first-order chi connectivity index (χ1) is 10.6. The monoisotopic (exact) mass is 305 g/mol. The molecule has 4 heteroatoms. The first-order valence-electron chi connectivity index (χ1n) is 8.16. The lowest BCUT2D eigenvalue weighted by Crippen LogP contribution is -2.50. The van der Waals surface area contributed by atoms with E-state index in [-0.39, 0.29) is 18.6 Å². The zero-order valence-electron chi connectivity index (χ0n) is 13.6. The molecule has 1 heterocycles. The van der Waals surface area contributed by atoms with Crippen molar-refractivity contribution in [2.45, 2.75) is 39.2 Å². The van der Waals surface area contributed by atoms with Crippen LogP contribution >= 0.6 is 0 Å². The van der Waals surface area contributed by atoms with Crippen molar-refractivity contribution in [1.29, 1.82) is 0 Å². The fourth-order valence-electron chi connectivity index (χ4n) is 2.84. The van der Waals surface area contributed by atoms with Crippen LogP contribution in [-0.4, -0.2) is 48.3 Å². The second-order valence-electron chi connectivity index (χ2n) is 6.41. The summed E-state index contributed by atoms with van der Waals surface area (Å²) in [5, 5.41) is 9.32. The Balaban J connectivity index is 1.85. The molecule has 0 spiro atoms. The molecule has 1 aliphatic rings. The SMILES string of the molecule is CC(C)Cc1ccc(CCC(=O)N2CCOC[C@H]2CO)cc1. The van der Waals surface area contributed by atoms with Crippen LogP contribution in [0.3, 0.4) is 0 Å². The number of rotatable bonds is 6. The van der Waals surface area contributed by atoms with Gasteiger partial charge in [0, 0.05) is 13.0 Å². The number of hydrogen-bond donors (Lipinski definition) is 1. The van der Waals surface area contributed by atoms with Gasteiger partial charge in [0.15, 0.2) is 0 Å². The van der Waals surface area contributed by atoms with Gasteiger partial charge < -0.3 is 14.7 Å². The minimum atomic E-state index is -0.185. The maximum atomic E-state index is 12.3. The van der Waals surface area contributed by atoms with Crippen LogP contribution < -0.4 is 0 Å². The first-order valence-corrected chi connectivity index (χ1v) is 8.16. The van der Waals surface area contributed by atoms with Crippen LogP contribution in [0.4, 0.5) is 0 Å². The number of carbonyl (C=O) groups excluding carboxylic acids is 1. The number of hydrogen-bond acceptors (Lipinski definition) is 3. The fraction of sp³-hybridized carbons (Fsp3) is 0.611. The van der Waals surface area contributed by atoms with Crippen molar-refractivity contribution in [2.75, 3.05) is 26.4 Å². The van der Waals surface area contributed by atoms with E-state index in [1.807, 2.05) is 0 Å². The van der Waals surface area contributed by atoms with Gasteiger partial charge in [-0.15, -0.1) is 0 Å². The summed E-state index contributed by atoms with van der Waals surface area (Å²) >= 11 is 0. The largest absolute Gasteiger partial charge is 0.394 e. The number of morpholine rings is 1. The molecule has 1 amide bonds. The van der Waals surface area contributed by atoms with Crippen molar-refractivity contribution < 1.29 is 14.6 Å². The molecule has 1 atom stereocenters. The lowest BCUT2D eigenvalue weighted by Gasteiger charge is -2.34. The molecule has 0 aliphatic carbocycles. The Kier molecular flexibility index (Phi) is 6.40. The minimum Gasteiger partial charge on any atom is -0.394 e. The first kappa shape index (κ1) is 17.0. The fourth-order valence-corrected chi connectivity index (χ4v) is 2.84. The van der Waals surface area contributed by atoms with Crippen LogP contribution in [0.5, 0.6) is 0 Å². The average Bonchev–Trinajstić information content (AvgIpc) is 2.53. The predicted octanol–water partition coefficient (Wildman–Crippen LogP) is 2.04. The zero-order valence-corrected chi connectivity index (χ0v) is 13.6. The van der Waals surface area contributed by atoms with E-state index in [4.69, 9.17) is 4.74 Å². The van der Waals surface area contributed by atoms with Crippen molar-refractivity contribution >= 4 is 5.91 Å². The molecule has 1 aliphatic heterocycles. The number of nitrogens with zero attached hydrogens (tertiary/aromatic N) is 1. The number of benzene rings is 1. The van der Waals surface area contributed by atoms with Gasteiger partial charge in [-0.05, 0) is 29.9 Å². The van der Waals surface area contributed by atoms with E-state index in [1.54, 1.807) is 4.90 Å². The highest BCUT2D eigenvalue weighted by Gasteiger charge is 2.26. The highest BCUT2D eigenvalue weighted by molar-refractivity contribution is 5.77. The number of amides is 1. The quantitative estimate of drug-likeness (QED) is 0.875. The molecule has 1 saturated heterocycles. The number of carbonyl (C=O) groups is 1. The standard InChI is InChI=1S/C18H27NO3/c1-14(2)11-16-5-3-15(4-6-16)7-8-18(21)19-9-10-22-13-17(19)12-20/h3-6,14,17,20H,7-13H2,1-2H3/t17-/m1/s1. The maximum Gasteiger partial charge on any atom is 0.223 e. The lowest BCUT2D eigenvalue weighted by atomic mass is 10.0. The summed E-state index contributed by atoms with van der Waals surface area (Å²) in [6, 6.07) is 8.37. The molecule has 122 valence electrons. The summed E-state index contributed by atoms with van der Waals surface area (Å²) in [6.45, 7) is 5.98. The Morgan fingerprint density at radius 2 is 2.00 bits per heavy atom. The Hall–Kier alpha value is -1.39. The predicted molar refractivity (Wildman–Crippen MR) is 86.7 cm³/mol. The van der Waals surface area contributed by atoms with E-state index in [0.717, 1.165) is 12.8 Å². The van der Waals surface area contributed by atoms with Gasteiger partial charge in [-0.2, -0.15) is 0 Å². The molecular weight excluding hydrogens is 278 g/mol. The van der Waals surface area contributed by atoms with E-state index >= 15 is 0 Å². The van der Waals surface area contributed by atoms with Crippen LogP contribution in [0, 0.1) is 5.92 Å². The molecule has 0 saturated carbocycles. The Morgan fingerprint density at radius 1 is 1.32 bits per heavy atom. The van der Waals surface area contributed by atoms with Gasteiger partial charge in [-0.1, -0.05) is 38.1 Å². The summed E-state index contributed by atoms with van der Waals surface area (Å²) in [5.74, 6) is 0.762. The summed E-state index contributed by atoms with van der Waals surface area (Å²) in [6.07, 6.45) is 2.32. The maximum absolute atomic E-state index is 12.3. The second-order valence-corrected chi connectivity index (χ2v) is 6.41. The second kappa shape index (κ2) is 8.30. The van der Waals surface area contributed by atoms with E-state index in [0.29, 0.717) is 32.1 Å². The molecule has 1 aromatic rings. The van der Waals surface area contributed by atoms with Crippen LogP contribution in [0.2, 0.25) is 0 Å². The third kappa shape index (κ3) is 4.82. The molecule has 0 unspecified atom stereocenters. The molecule has 4 nitrogen and oxygen atoms in total. The van der Waals surface area contributed by atoms with E-state index < -0.39 is 0 Å². The van der Waals surface area contributed by atoms with Crippen molar-refractivity contribution in [2.24, 2.45) is 5.92 Å². The Labute approximate surface area is 133 Å². The molecule has 22 heavy (non-hydrogen) atoms.